The number of carbonyl (C=O) groups is 1. The highest BCUT2D eigenvalue weighted by Crippen LogP contribution is 2.27. The Morgan fingerprint density at radius 2 is 1.24 bits per heavy atom. The highest BCUT2D eigenvalue weighted by Gasteiger charge is 2.43. The largest absolute Gasteiger partial charge is 0.490 e. The number of halogens is 3. The van der Waals surface area contributed by atoms with Gasteiger partial charge in [-0.15, -0.1) is 0 Å². The maximum atomic E-state index is 12.9. The van der Waals surface area contributed by atoms with Gasteiger partial charge >= 0.3 is 12.1 Å². The number of sulfonamides is 2. The van der Waals surface area contributed by atoms with Gasteiger partial charge in [-0.1, -0.05) is 93.6 Å². The molecule has 0 radical (unpaired) electrons. The van der Waals surface area contributed by atoms with Crippen LogP contribution in [0.2, 0.25) is 0 Å². The Morgan fingerprint density at radius 1 is 0.759 bits per heavy atom. The standard InChI is InChI=1S/C21H25F3N2O4S.C21H30N2O3S/c1-2-16-9-6-12-26(16)14-17(30-20(27)21(22,23)24)13-25-31(28,29)19-11-5-8-15-7-3-4-10-18(15)19;1-16(2)13-18-9-6-12-23(18)15-19(24)14-22-27(25,26)21-11-5-8-17-7-3-4-10-20(17)21/h3-5,7-8,10-11,16-17,25H,2,6,9,12-14H2,1H3;3-5,7-8,10-11,16,18-19,22,24H,6,9,12-15H2,1-2H3/t16?,17-;18?,19-/m00/s1. The lowest BCUT2D eigenvalue weighted by atomic mass is 10.0. The van der Waals surface area contributed by atoms with Gasteiger partial charge < -0.3 is 9.84 Å². The predicted octanol–water partition coefficient (Wildman–Crippen LogP) is 6.46. The lowest BCUT2D eigenvalue weighted by Crippen LogP contribution is -2.45. The molecule has 0 bridgehead atoms. The van der Waals surface area contributed by atoms with Crippen molar-refractivity contribution in [1.29, 1.82) is 0 Å². The molecule has 0 aliphatic carbocycles. The monoisotopic (exact) mass is 848 g/mol. The summed E-state index contributed by atoms with van der Waals surface area (Å²) >= 11 is 0. The molecule has 2 aliphatic rings. The molecule has 318 valence electrons. The molecular weight excluding hydrogens is 794 g/mol. The molecule has 2 heterocycles. The minimum Gasteiger partial charge on any atom is -0.453 e. The van der Waals surface area contributed by atoms with Crippen molar-refractivity contribution in [2.45, 2.75) is 99.6 Å². The van der Waals surface area contributed by atoms with Crippen molar-refractivity contribution in [2.75, 3.05) is 39.3 Å². The Kier molecular flexibility index (Phi) is 15.7. The molecule has 3 N–H and O–H groups in total. The third kappa shape index (κ3) is 12.2. The quantitative estimate of drug-likeness (QED) is 0.108. The minimum absolute atomic E-state index is 0.0131. The number of aliphatic hydroxyl groups excluding tert-OH is 1. The summed E-state index contributed by atoms with van der Waals surface area (Å²) in [6, 6.07) is 25.0. The summed E-state index contributed by atoms with van der Waals surface area (Å²) in [5.74, 6) is -1.70. The fraction of sp³-hybridized carbons (Fsp3) is 0.500. The van der Waals surface area contributed by atoms with E-state index in [9.17, 15) is 39.9 Å². The number of β-amino-alcohol motifs (C(OH)–C–C–N with tert-alkyl or cyclic N) is 1. The van der Waals surface area contributed by atoms with E-state index in [0.717, 1.165) is 50.5 Å². The topological polar surface area (TPSA) is 145 Å². The number of nitrogens with zero attached hydrogens (tertiary/aromatic N) is 2. The summed E-state index contributed by atoms with van der Waals surface area (Å²) in [4.78, 5) is 15.9. The Labute approximate surface area is 340 Å². The lowest BCUT2D eigenvalue weighted by molar-refractivity contribution is -0.205. The Morgan fingerprint density at radius 3 is 1.76 bits per heavy atom. The highest BCUT2D eigenvalue weighted by molar-refractivity contribution is 7.90. The third-order valence-corrected chi connectivity index (χ3v) is 13.7. The van der Waals surface area contributed by atoms with Crippen molar-refractivity contribution >= 4 is 47.6 Å². The van der Waals surface area contributed by atoms with Crippen LogP contribution in [0.1, 0.15) is 59.3 Å². The number of ether oxygens (including phenoxy) is 1. The van der Waals surface area contributed by atoms with Crippen molar-refractivity contribution in [3.63, 3.8) is 0 Å². The van der Waals surface area contributed by atoms with Gasteiger partial charge in [0, 0.05) is 49.0 Å². The molecule has 6 rings (SSSR count). The summed E-state index contributed by atoms with van der Waals surface area (Å²) in [5.41, 5.74) is 0. The predicted molar refractivity (Wildman–Crippen MR) is 219 cm³/mol. The van der Waals surface area contributed by atoms with Crippen LogP contribution in [-0.2, 0) is 29.6 Å². The number of fused-ring (bicyclic) bond motifs is 2. The number of hydrogen-bond acceptors (Lipinski definition) is 9. The van der Waals surface area contributed by atoms with E-state index in [4.69, 9.17) is 0 Å². The average Bonchev–Trinajstić information content (AvgIpc) is 3.83. The number of benzene rings is 4. The first kappa shape index (κ1) is 45.4. The van der Waals surface area contributed by atoms with Gasteiger partial charge in [-0.2, -0.15) is 13.2 Å². The van der Waals surface area contributed by atoms with Gasteiger partial charge in [-0.25, -0.2) is 31.1 Å². The molecule has 0 amide bonds. The maximum Gasteiger partial charge on any atom is 0.490 e. The van der Waals surface area contributed by atoms with Crippen LogP contribution >= 0.6 is 0 Å². The van der Waals surface area contributed by atoms with Crippen molar-refractivity contribution in [1.82, 2.24) is 19.2 Å². The Hall–Kier alpha value is -3.64. The van der Waals surface area contributed by atoms with Gasteiger partial charge in [0.25, 0.3) is 0 Å². The van der Waals surface area contributed by atoms with Crippen LogP contribution in [0.15, 0.2) is 94.7 Å². The summed E-state index contributed by atoms with van der Waals surface area (Å²) in [6.45, 7) is 8.14. The summed E-state index contributed by atoms with van der Waals surface area (Å²) in [5, 5.41) is 13.2. The summed E-state index contributed by atoms with van der Waals surface area (Å²) in [7, 11) is -7.72. The number of esters is 1. The van der Waals surface area contributed by atoms with Gasteiger partial charge in [0.15, 0.2) is 0 Å². The molecule has 2 fully saturated rings. The highest BCUT2D eigenvalue weighted by atomic mass is 32.2. The van der Waals surface area contributed by atoms with E-state index < -0.39 is 50.9 Å². The van der Waals surface area contributed by atoms with Crippen molar-refractivity contribution < 1.29 is 44.6 Å². The van der Waals surface area contributed by atoms with Crippen molar-refractivity contribution in [2.24, 2.45) is 5.92 Å². The fourth-order valence-corrected chi connectivity index (χ4v) is 10.5. The maximum absolute atomic E-state index is 12.9. The van der Waals surface area contributed by atoms with E-state index in [0.29, 0.717) is 41.2 Å². The summed E-state index contributed by atoms with van der Waals surface area (Å²) < 4.78 is 99.2. The molecule has 11 nitrogen and oxygen atoms in total. The second kappa shape index (κ2) is 20.1. The van der Waals surface area contributed by atoms with Gasteiger partial charge in [-0.05, 0) is 80.4 Å². The van der Waals surface area contributed by atoms with Crippen LogP contribution < -0.4 is 9.44 Å². The third-order valence-electron chi connectivity index (χ3n) is 10.7. The molecule has 0 spiro atoms. The van der Waals surface area contributed by atoms with E-state index in [2.05, 4.69) is 32.9 Å². The van der Waals surface area contributed by atoms with Gasteiger partial charge in [0.05, 0.1) is 15.9 Å². The number of nitrogens with one attached hydrogen (secondary N) is 2. The first-order valence-corrected chi connectivity index (χ1v) is 22.8. The molecule has 0 aromatic heterocycles. The van der Waals surface area contributed by atoms with Gasteiger partial charge in [0.2, 0.25) is 20.0 Å². The zero-order valence-corrected chi connectivity index (χ0v) is 34.8. The number of alkyl halides is 3. The van der Waals surface area contributed by atoms with Crippen LogP contribution in [0.3, 0.4) is 0 Å². The number of hydrogen-bond donors (Lipinski definition) is 3. The first-order chi connectivity index (χ1) is 27.5. The van der Waals surface area contributed by atoms with E-state index in [1.54, 1.807) is 54.6 Å². The normalized spacial score (nSPS) is 19.3. The Bertz CT molecular complexity index is 2200. The average molecular weight is 849 g/mol. The number of carbonyl (C=O) groups excluding carboxylic acids is 1. The molecule has 16 heteroatoms. The molecule has 4 aromatic rings. The SMILES string of the molecule is CC(C)CC1CCCN1C[C@@H](O)CNS(=O)(=O)c1cccc2ccccc12.CCC1CCCN1C[C@H](CNS(=O)(=O)c1cccc2ccccc12)OC(=O)C(F)(F)F. The summed E-state index contributed by atoms with van der Waals surface area (Å²) in [6.07, 6.45) is -1.12. The minimum atomic E-state index is -5.15. The lowest BCUT2D eigenvalue weighted by Gasteiger charge is -2.28. The first-order valence-electron chi connectivity index (χ1n) is 19.9. The zero-order chi connectivity index (χ0) is 42.1. The van der Waals surface area contributed by atoms with Crippen LogP contribution in [-0.4, -0.2) is 107 Å². The van der Waals surface area contributed by atoms with E-state index in [-0.39, 0.29) is 28.9 Å². The number of likely N-dealkylation sites (tertiary alicyclic amines) is 2. The van der Waals surface area contributed by atoms with Gasteiger partial charge in [0.1, 0.15) is 6.10 Å². The van der Waals surface area contributed by atoms with Crippen LogP contribution in [0.5, 0.6) is 0 Å². The Balaban J connectivity index is 0.000000223. The number of aliphatic hydroxyl groups is 1. The van der Waals surface area contributed by atoms with Crippen molar-refractivity contribution in [3.05, 3.63) is 84.9 Å². The second-order valence-electron chi connectivity index (χ2n) is 15.5. The zero-order valence-electron chi connectivity index (χ0n) is 33.2. The molecule has 4 atom stereocenters. The molecule has 58 heavy (non-hydrogen) atoms. The molecule has 2 saturated heterocycles. The molecule has 0 saturated carbocycles. The molecular formula is C42H55F3N4O7S2. The molecule has 2 aliphatic heterocycles. The van der Waals surface area contributed by atoms with E-state index >= 15 is 0 Å². The number of rotatable bonds is 16. The second-order valence-corrected chi connectivity index (χ2v) is 18.9. The smallest absolute Gasteiger partial charge is 0.453 e. The van der Waals surface area contributed by atoms with Crippen LogP contribution in [0.25, 0.3) is 21.5 Å². The van der Waals surface area contributed by atoms with E-state index in [1.807, 2.05) is 36.1 Å². The fourth-order valence-electron chi connectivity index (χ4n) is 7.93. The van der Waals surface area contributed by atoms with Crippen LogP contribution in [0, 0.1) is 5.92 Å². The van der Waals surface area contributed by atoms with E-state index in [1.165, 1.54) is 6.07 Å². The van der Waals surface area contributed by atoms with Crippen LogP contribution in [0.4, 0.5) is 13.2 Å². The van der Waals surface area contributed by atoms with Gasteiger partial charge in [-0.3, -0.25) is 9.80 Å². The molecule has 4 aromatic carbocycles. The molecule has 2 unspecified atom stereocenters. The van der Waals surface area contributed by atoms with Crippen molar-refractivity contribution in [3.8, 4) is 0 Å².